The summed E-state index contributed by atoms with van der Waals surface area (Å²) >= 11 is 0. The second-order valence-electron chi connectivity index (χ2n) is 4.12. The van der Waals surface area contributed by atoms with Crippen molar-refractivity contribution in [1.82, 2.24) is 0 Å². The topological polar surface area (TPSA) is 46.2 Å². The van der Waals surface area contributed by atoms with Gasteiger partial charge < -0.3 is 5.32 Å². The quantitative estimate of drug-likeness (QED) is 0.774. The Morgan fingerprint density at radius 1 is 1.12 bits per heavy atom. The van der Waals surface area contributed by atoms with Crippen molar-refractivity contribution in [2.75, 3.05) is 5.32 Å². The lowest BCUT2D eigenvalue weighted by atomic mass is 9.72. The number of ketones is 1. The van der Waals surface area contributed by atoms with Gasteiger partial charge in [-0.1, -0.05) is 26.0 Å². The molecule has 0 spiro atoms. The van der Waals surface area contributed by atoms with E-state index >= 15 is 0 Å². The van der Waals surface area contributed by atoms with Crippen molar-refractivity contribution in [2.45, 2.75) is 26.7 Å². The normalized spacial score (nSPS) is 17.9. The maximum Gasteiger partial charge on any atom is 0.238 e. The van der Waals surface area contributed by atoms with Crippen molar-refractivity contribution in [3.05, 3.63) is 29.8 Å². The minimum Gasteiger partial charge on any atom is -0.325 e. The van der Waals surface area contributed by atoms with Gasteiger partial charge in [0, 0.05) is 5.56 Å². The predicted octanol–water partition coefficient (Wildman–Crippen LogP) is 2.63. The fourth-order valence-corrected chi connectivity index (χ4v) is 2.29. The summed E-state index contributed by atoms with van der Waals surface area (Å²) < 4.78 is 0. The van der Waals surface area contributed by atoms with Crippen LogP contribution in [-0.4, -0.2) is 11.7 Å². The first-order valence-corrected chi connectivity index (χ1v) is 5.61. The van der Waals surface area contributed by atoms with Gasteiger partial charge >= 0.3 is 0 Å². The Balaban J connectivity index is 2.57. The third kappa shape index (κ3) is 1.28. The van der Waals surface area contributed by atoms with Crippen LogP contribution in [0.25, 0.3) is 0 Å². The van der Waals surface area contributed by atoms with Gasteiger partial charge in [-0.05, 0) is 25.0 Å². The number of carbonyl (C=O) groups is 2. The smallest absolute Gasteiger partial charge is 0.238 e. The van der Waals surface area contributed by atoms with Gasteiger partial charge in [-0.25, -0.2) is 0 Å². The molecule has 2 rings (SSSR count). The summed E-state index contributed by atoms with van der Waals surface area (Å²) in [7, 11) is 0. The summed E-state index contributed by atoms with van der Waals surface area (Å²) in [4.78, 5) is 24.4. The molecule has 1 aromatic rings. The molecule has 0 atom stereocenters. The van der Waals surface area contributed by atoms with E-state index in [0.29, 0.717) is 24.1 Å². The number of carbonyl (C=O) groups excluding carboxylic acids is 2. The molecule has 0 radical (unpaired) electrons. The molecule has 3 nitrogen and oxygen atoms in total. The van der Waals surface area contributed by atoms with E-state index in [1.54, 1.807) is 12.1 Å². The number of Topliss-reactive ketones (excluding diaryl/α,β-unsaturated/α-hetero) is 1. The number of hydrogen-bond acceptors (Lipinski definition) is 2. The molecule has 0 saturated heterocycles. The summed E-state index contributed by atoms with van der Waals surface area (Å²) in [6.07, 6.45) is 1.09. The second kappa shape index (κ2) is 3.74. The highest BCUT2D eigenvalue weighted by molar-refractivity contribution is 6.23. The maximum absolute atomic E-state index is 12.4. The first-order valence-electron chi connectivity index (χ1n) is 5.61. The molecule has 0 unspecified atom stereocenters. The lowest BCUT2D eigenvalue weighted by molar-refractivity contribution is -0.123. The molecule has 3 heteroatoms. The number of fused-ring (bicyclic) bond motifs is 1. The highest BCUT2D eigenvalue weighted by Crippen LogP contribution is 2.38. The molecular weight excluding hydrogens is 202 g/mol. The van der Waals surface area contributed by atoms with Crippen LogP contribution >= 0.6 is 0 Å². The zero-order valence-corrected chi connectivity index (χ0v) is 9.54. The van der Waals surface area contributed by atoms with Crippen molar-refractivity contribution in [3.8, 4) is 0 Å². The number of nitrogens with one attached hydrogen (secondary N) is 1. The van der Waals surface area contributed by atoms with E-state index < -0.39 is 5.41 Å². The fraction of sp³-hybridized carbons (Fsp3) is 0.385. The van der Waals surface area contributed by atoms with Crippen LogP contribution in [0.3, 0.4) is 0 Å². The molecule has 1 N–H and O–H groups in total. The summed E-state index contributed by atoms with van der Waals surface area (Å²) in [5.41, 5.74) is 0.398. The van der Waals surface area contributed by atoms with Crippen LogP contribution in [0.15, 0.2) is 24.3 Å². The van der Waals surface area contributed by atoms with E-state index in [0.717, 1.165) is 0 Å². The first kappa shape index (κ1) is 10.9. The van der Waals surface area contributed by atoms with Gasteiger partial charge in [0.05, 0.1) is 5.69 Å². The third-order valence-electron chi connectivity index (χ3n) is 3.50. The Bertz CT molecular complexity index is 447. The molecule has 84 valence electrons. The van der Waals surface area contributed by atoms with E-state index in [1.807, 2.05) is 26.0 Å². The first-order chi connectivity index (χ1) is 7.65. The molecule has 1 aromatic carbocycles. The molecule has 1 heterocycles. The number of hydrogen-bond donors (Lipinski definition) is 1. The van der Waals surface area contributed by atoms with Gasteiger partial charge in [0.1, 0.15) is 5.41 Å². The van der Waals surface area contributed by atoms with Crippen LogP contribution in [0.2, 0.25) is 0 Å². The van der Waals surface area contributed by atoms with Crippen LogP contribution in [0.1, 0.15) is 37.0 Å². The average molecular weight is 217 g/mol. The number of amides is 1. The van der Waals surface area contributed by atoms with Crippen LogP contribution in [0.5, 0.6) is 0 Å². The zero-order chi connectivity index (χ0) is 11.8. The van der Waals surface area contributed by atoms with Crippen molar-refractivity contribution < 1.29 is 9.59 Å². The SMILES string of the molecule is CCC1(CC)C(=O)Nc2ccccc2C1=O. The fourth-order valence-electron chi connectivity index (χ4n) is 2.29. The summed E-state index contributed by atoms with van der Waals surface area (Å²) in [6, 6.07) is 7.18. The summed E-state index contributed by atoms with van der Waals surface area (Å²) in [5, 5.41) is 2.82. The average Bonchev–Trinajstić information content (AvgIpc) is 2.31. The van der Waals surface area contributed by atoms with E-state index in [1.165, 1.54) is 0 Å². The molecular formula is C13H15NO2. The minimum absolute atomic E-state index is 0.0446. The summed E-state index contributed by atoms with van der Waals surface area (Å²) in [6.45, 7) is 3.77. The van der Waals surface area contributed by atoms with E-state index in [4.69, 9.17) is 0 Å². The van der Waals surface area contributed by atoms with Crippen molar-refractivity contribution in [2.24, 2.45) is 5.41 Å². The molecule has 0 aromatic heterocycles. The number of benzene rings is 1. The third-order valence-corrected chi connectivity index (χ3v) is 3.50. The molecule has 1 aliphatic rings. The highest BCUT2D eigenvalue weighted by atomic mass is 16.2. The van der Waals surface area contributed by atoms with Crippen LogP contribution in [-0.2, 0) is 4.79 Å². The van der Waals surface area contributed by atoms with E-state index in [9.17, 15) is 9.59 Å². The second-order valence-corrected chi connectivity index (χ2v) is 4.12. The Kier molecular flexibility index (Phi) is 2.54. The molecule has 0 fully saturated rings. The molecule has 1 aliphatic heterocycles. The van der Waals surface area contributed by atoms with Crippen molar-refractivity contribution in [1.29, 1.82) is 0 Å². The molecule has 1 amide bonds. The van der Waals surface area contributed by atoms with Gasteiger partial charge in [0.15, 0.2) is 5.78 Å². The van der Waals surface area contributed by atoms with Gasteiger partial charge in [-0.15, -0.1) is 0 Å². The van der Waals surface area contributed by atoms with Crippen LogP contribution in [0.4, 0.5) is 5.69 Å². The van der Waals surface area contributed by atoms with Crippen molar-refractivity contribution >= 4 is 17.4 Å². The van der Waals surface area contributed by atoms with Gasteiger partial charge in [0.25, 0.3) is 0 Å². The summed E-state index contributed by atoms with van der Waals surface area (Å²) in [5.74, 6) is -0.210. The van der Waals surface area contributed by atoms with Crippen LogP contribution < -0.4 is 5.32 Å². The lowest BCUT2D eigenvalue weighted by Gasteiger charge is -2.33. The van der Waals surface area contributed by atoms with Crippen LogP contribution in [0, 0.1) is 5.41 Å². The van der Waals surface area contributed by atoms with E-state index in [2.05, 4.69) is 5.32 Å². The number of rotatable bonds is 2. The Hall–Kier alpha value is -1.64. The Morgan fingerprint density at radius 3 is 2.38 bits per heavy atom. The number of anilines is 1. The van der Waals surface area contributed by atoms with E-state index in [-0.39, 0.29) is 11.7 Å². The Labute approximate surface area is 94.9 Å². The van der Waals surface area contributed by atoms with Gasteiger partial charge in [-0.3, -0.25) is 9.59 Å². The monoisotopic (exact) mass is 217 g/mol. The van der Waals surface area contributed by atoms with Gasteiger partial charge in [-0.2, -0.15) is 0 Å². The standard InChI is InChI=1S/C13H15NO2/c1-3-13(4-2)11(15)9-7-5-6-8-10(9)14-12(13)16/h5-8H,3-4H2,1-2H3,(H,14,16). The van der Waals surface area contributed by atoms with Crippen molar-refractivity contribution in [3.63, 3.8) is 0 Å². The minimum atomic E-state index is -0.867. The molecule has 0 bridgehead atoms. The predicted molar refractivity (Wildman–Crippen MR) is 62.4 cm³/mol. The highest BCUT2D eigenvalue weighted by Gasteiger charge is 2.46. The number of para-hydroxylation sites is 1. The maximum atomic E-state index is 12.4. The Morgan fingerprint density at radius 2 is 1.75 bits per heavy atom. The zero-order valence-electron chi connectivity index (χ0n) is 9.54. The largest absolute Gasteiger partial charge is 0.325 e. The molecule has 0 saturated carbocycles. The molecule has 0 aliphatic carbocycles. The molecule has 16 heavy (non-hydrogen) atoms. The lowest BCUT2D eigenvalue weighted by Crippen LogP contribution is -2.46. The van der Waals surface area contributed by atoms with Gasteiger partial charge in [0.2, 0.25) is 5.91 Å².